The molecule has 0 bridgehead atoms. The molecule has 4 heterocycles. The number of fused-ring (bicyclic) bond motifs is 2. The van der Waals surface area contributed by atoms with E-state index in [0.717, 1.165) is 58.6 Å². The standard InChI is InChI=1S/C21H22N6O/c1-2-16-19(22)27-21(25-20(16)26-7-9-28-10-8-26)17(13-24-27)15-11-14-5-3-4-6-18(14)23-12-15/h3-6,11-13H,2,7-10,22H2,1H3. The Morgan fingerprint density at radius 3 is 2.79 bits per heavy atom. The predicted octanol–water partition coefficient (Wildman–Crippen LogP) is 2.93. The van der Waals surface area contributed by atoms with Gasteiger partial charge in [0.25, 0.3) is 0 Å². The Morgan fingerprint density at radius 1 is 1.14 bits per heavy atom. The number of benzene rings is 1. The smallest absolute Gasteiger partial charge is 0.167 e. The number of ether oxygens (including phenoxy) is 1. The fourth-order valence-electron chi connectivity index (χ4n) is 3.83. The zero-order valence-electron chi connectivity index (χ0n) is 15.8. The molecule has 0 saturated carbocycles. The Labute approximate surface area is 162 Å². The zero-order chi connectivity index (χ0) is 19.1. The van der Waals surface area contributed by atoms with Crippen molar-refractivity contribution < 1.29 is 4.74 Å². The SMILES string of the molecule is CCc1c(N2CCOCC2)nc2c(-c3cnc4ccccc4c3)cnn2c1N. The third kappa shape index (κ3) is 2.66. The van der Waals surface area contributed by atoms with E-state index in [2.05, 4.69) is 34.0 Å². The maximum atomic E-state index is 6.51. The molecule has 142 valence electrons. The number of pyridine rings is 1. The second-order valence-electron chi connectivity index (χ2n) is 6.96. The van der Waals surface area contributed by atoms with Crippen LogP contribution in [0.3, 0.4) is 0 Å². The van der Waals surface area contributed by atoms with Gasteiger partial charge in [-0.1, -0.05) is 25.1 Å². The number of morpholine rings is 1. The molecule has 28 heavy (non-hydrogen) atoms. The summed E-state index contributed by atoms with van der Waals surface area (Å²) in [6.07, 6.45) is 4.50. The quantitative estimate of drug-likeness (QED) is 0.594. The highest BCUT2D eigenvalue weighted by Crippen LogP contribution is 2.32. The number of para-hydroxylation sites is 1. The molecule has 4 aromatic rings. The number of anilines is 2. The van der Waals surface area contributed by atoms with Gasteiger partial charge in [0.15, 0.2) is 5.65 Å². The first-order valence-electron chi connectivity index (χ1n) is 9.60. The summed E-state index contributed by atoms with van der Waals surface area (Å²) in [5.41, 5.74) is 11.2. The third-order valence-corrected chi connectivity index (χ3v) is 5.33. The lowest BCUT2D eigenvalue weighted by Crippen LogP contribution is -2.37. The minimum atomic E-state index is 0.647. The van der Waals surface area contributed by atoms with Gasteiger partial charge in [0.1, 0.15) is 11.6 Å². The maximum absolute atomic E-state index is 6.51. The first kappa shape index (κ1) is 16.9. The van der Waals surface area contributed by atoms with Gasteiger partial charge in [0.2, 0.25) is 0 Å². The van der Waals surface area contributed by atoms with Crippen molar-refractivity contribution in [2.24, 2.45) is 0 Å². The molecule has 0 amide bonds. The molecule has 0 atom stereocenters. The molecule has 7 heteroatoms. The van der Waals surface area contributed by atoms with Crippen molar-refractivity contribution in [1.82, 2.24) is 19.6 Å². The highest BCUT2D eigenvalue weighted by atomic mass is 16.5. The normalized spacial score (nSPS) is 14.8. The van der Waals surface area contributed by atoms with Crippen LogP contribution in [0.15, 0.2) is 42.7 Å². The number of rotatable bonds is 3. The molecule has 1 aliphatic rings. The second-order valence-corrected chi connectivity index (χ2v) is 6.96. The van der Waals surface area contributed by atoms with E-state index in [4.69, 9.17) is 15.5 Å². The number of nitrogens with two attached hydrogens (primary N) is 1. The first-order valence-corrected chi connectivity index (χ1v) is 9.60. The molecule has 0 spiro atoms. The largest absolute Gasteiger partial charge is 0.383 e. The van der Waals surface area contributed by atoms with Crippen LogP contribution in [0.1, 0.15) is 12.5 Å². The molecule has 1 fully saturated rings. The second kappa shape index (κ2) is 6.76. The van der Waals surface area contributed by atoms with E-state index in [1.165, 1.54) is 0 Å². The monoisotopic (exact) mass is 374 g/mol. The van der Waals surface area contributed by atoms with E-state index >= 15 is 0 Å². The van der Waals surface area contributed by atoms with E-state index in [1.807, 2.05) is 30.6 Å². The van der Waals surface area contributed by atoms with Gasteiger partial charge in [0.05, 0.1) is 24.9 Å². The molecule has 7 nitrogen and oxygen atoms in total. The van der Waals surface area contributed by atoms with Gasteiger partial charge in [-0.05, 0) is 18.6 Å². The molecular formula is C21H22N6O. The molecule has 1 aliphatic heterocycles. The Morgan fingerprint density at radius 2 is 1.96 bits per heavy atom. The van der Waals surface area contributed by atoms with Crippen LogP contribution in [0.4, 0.5) is 11.6 Å². The third-order valence-electron chi connectivity index (χ3n) is 5.33. The molecule has 1 saturated heterocycles. The lowest BCUT2D eigenvalue weighted by atomic mass is 10.1. The molecule has 5 rings (SSSR count). The van der Waals surface area contributed by atoms with Crippen LogP contribution in [0, 0.1) is 0 Å². The number of nitrogens with zero attached hydrogens (tertiary/aromatic N) is 5. The summed E-state index contributed by atoms with van der Waals surface area (Å²) in [7, 11) is 0. The van der Waals surface area contributed by atoms with Crippen LogP contribution >= 0.6 is 0 Å². The summed E-state index contributed by atoms with van der Waals surface area (Å²) in [6.45, 7) is 5.14. The molecule has 0 aliphatic carbocycles. The van der Waals surface area contributed by atoms with Crippen LogP contribution < -0.4 is 10.6 Å². The molecule has 0 unspecified atom stereocenters. The van der Waals surface area contributed by atoms with Gasteiger partial charge < -0.3 is 15.4 Å². The highest BCUT2D eigenvalue weighted by Gasteiger charge is 2.22. The maximum Gasteiger partial charge on any atom is 0.167 e. The van der Waals surface area contributed by atoms with Gasteiger partial charge in [-0.2, -0.15) is 9.61 Å². The number of hydrogen-bond donors (Lipinski definition) is 1. The van der Waals surface area contributed by atoms with Crippen LogP contribution in [0.25, 0.3) is 27.7 Å². The van der Waals surface area contributed by atoms with Crippen molar-refractivity contribution in [2.75, 3.05) is 36.9 Å². The average molecular weight is 374 g/mol. The summed E-state index contributed by atoms with van der Waals surface area (Å²) in [5, 5.41) is 5.62. The highest BCUT2D eigenvalue weighted by molar-refractivity contribution is 5.87. The fraction of sp³-hybridized carbons (Fsp3) is 0.286. The predicted molar refractivity (Wildman–Crippen MR) is 111 cm³/mol. The fourth-order valence-corrected chi connectivity index (χ4v) is 3.83. The van der Waals surface area contributed by atoms with E-state index in [-0.39, 0.29) is 0 Å². The molecule has 1 aromatic carbocycles. The van der Waals surface area contributed by atoms with Crippen molar-refractivity contribution in [3.05, 3.63) is 48.3 Å². The first-order chi connectivity index (χ1) is 13.8. The van der Waals surface area contributed by atoms with E-state index in [1.54, 1.807) is 4.52 Å². The molecule has 0 radical (unpaired) electrons. The van der Waals surface area contributed by atoms with Crippen molar-refractivity contribution in [2.45, 2.75) is 13.3 Å². The van der Waals surface area contributed by atoms with Crippen molar-refractivity contribution in [3.63, 3.8) is 0 Å². The molecular weight excluding hydrogens is 352 g/mol. The lowest BCUT2D eigenvalue weighted by molar-refractivity contribution is 0.122. The van der Waals surface area contributed by atoms with E-state index in [9.17, 15) is 0 Å². The van der Waals surface area contributed by atoms with Gasteiger partial charge in [-0.15, -0.1) is 0 Å². The van der Waals surface area contributed by atoms with E-state index < -0.39 is 0 Å². The van der Waals surface area contributed by atoms with Crippen LogP contribution in [-0.4, -0.2) is 45.9 Å². The minimum absolute atomic E-state index is 0.647. The number of nitrogen functional groups attached to an aromatic ring is 1. The van der Waals surface area contributed by atoms with Crippen LogP contribution in [0.5, 0.6) is 0 Å². The van der Waals surface area contributed by atoms with Crippen molar-refractivity contribution in [3.8, 4) is 11.1 Å². The summed E-state index contributed by atoms with van der Waals surface area (Å²) in [4.78, 5) is 11.9. The van der Waals surface area contributed by atoms with Crippen LogP contribution in [0.2, 0.25) is 0 Å². The number of aromatic nitrogens is 4. The lowest BCUT2D eigenvalue weighted by Gasteiger charge is -2.30. The topological polar surface area (TPSA) is 81.6 Å². The van der Waals surface area contributed by atoms with Gasteiger partial charge in [-0.3, -0.25) is 4.98 Å². The molecule has 3 aromatic heterocycles. The summed E-state index contributed by atoms with van der Waals surface area (Å²) in [6, 6.07) is 10.2. The summed E-state index contributed by atoms with van der Waals surface area (Å²) in [5.74, 6) is 1.58. The average Bonchev–Trinajstić information content (AvgIpc) is 3.18. The minimum Gasteiger partial charge on any atom is -0.383 e. The Hall–Kier alpha value is -3.19. The Bertz CT molecular complexity index is 1160. The van der Waals surface area contributed by atoms with E-state index in [0.29, 0.717) is 19.0 Å². The van der Waals surface area contributed by atoms with Crippen LogP contribution in [-0.2, 0) is 11.2 Å². The van der Waals surface area contributed by atoms with Crippen molar-refractivity contribution >= 4 is 28.2 Å². The molecule has 2 N–H and O–H groups in total. The van der Waals surface area contributed by atoms with Gasteiger partial charge >= 0.3 is 0 Å². The van der Waals surface area contributed by atoms with Gasteiger partial charge in [0, 0.05) is 41.4 Å². The Kier molecular flexibility index (Phi) is 4.09. The Balaban J connectivity index is 1.70. The number of hydrogen-bond acceptors (Lipinski definition) is 6. The summed E-state index contributed by atoms with van der Waals surface area (Å²) < 4.78 is 7.25. The van der Waals surface area contributed by atoms with Gasteiger partial charge in [-0.25, -0.2) is 4.98 Å². The zero-order valence-corrected chi connectivity index (χ0v) is 15.8. The van der Waals surface area contributed by atoms with Crippen molar-refractivity contribution in [1.29, 1.82) is 0 Å². The summed E-state index contributed by atoms with van der Waals surface area (Å²) >= 11 is 0.